The Morgan fingerprint density at radius 2 is 2.12 bits per heavy atom. The monoisotopic (exact) mass is 486 g/mol. The van der Waals surface area contributed by atoms with Gasteiger partial charge in [-0.3, -0.25) is 14.9 Å². The number of carbonyl (C=O) groups is 2. The fourth-order valence-corrected chi connectivity index (χ4v) is 5.92. The molecule has 1 saturated carbocycles. The van der Waals surface area contributed by atoms with Crippen LogP contribution >= 0.6 is 11.3 Å². The van der Waals surface area contributed by atoms with E-state index in [0.717, 1.165) is 36.1 Å². The quantitative estimate of drug-likeness (QED) is 0.502. The standard InChI is InChI=1S/C24H24F2N4O3S/c1-2-20(32)29-8-7-24(13-29)10-15(11-24)30-17-4-3-14(12-31)9-16(17)27-23(30)28-22(33)19-6-5-18(34-19)21(25)26/h2-6,9,15,21,31H,1,7-8,10-13H2,(H,27,28,33). The number of nitrogens with zero attached hydrogens (tertiary/aromatic N) is 3. The Labute approximate surface area is 198 Å². The third kappa shape index (κ3) is 3.90. The fourth-order valence-electron chi connectivity index (χ4n) is 5.16. The van der Waals surface area contributed by atoms with Crippen LogP contribution in [0, 0.1) is 5.41 Å². The van der Waals surface area contributed by atoms with Crippen LogP contribution in [0.4, 0.5) is 14.7 Å². The highest BCUT2D eigenvalue weighted by molar-refractivity contribution is 7.14. The minimum Gasteiger partial charge on any atom is -0.392 e. The molecule has 1 spiro atoms. The number of nitrogens with one attached hydrogen (secondary N) is 1. The van der Waals surface area contributed by atoms with Gasteiger partial charge in [0.25, 0.3) is 12.3 Å². The molecule has 3 aromatic rings. The predicted molar refractivity (Wildman–Crippen MR) is 125 cm³/mol. The van der Waals surface area contributed by atoms with Crippen LogP contribution in [0.1, 0.15) is 51.8 Å². The zero-order chi connectivity index (χ0) is 24.0. The minimum absolute atomic E-state index is 0.0339. The van der Waals surface area contributed by atoms with Gasteiger partial charge >= 0.3 is 0 Å². The van der Waals surface area contributed by atoms with E-state index in [1.54, 1.807) is 6.07 Å². The summed E-state index contributed by atoms with van der Waals surface area (Å²) in [7, 11) is 0. The van der Waals surface area contributed by atoms with Crippen molar-refractivity contribution in [2.45, 2.75) is 38.3 Å². The molecule has 0 radical (unpaired) electrons. The number of anilines is 1. The molecule has 2 aromatic heterocycles. The molecule has 3 heterocycles. The molecule has 0 atom stereocenters. The lowest BCUT2D eigenvalue weighted by Gasteiger charge is -2.46. The van der Waals surface area contributed by atoms with Crippen LogP contribution < -0.4 is 5.32 Å². The van der Waals surface area contributed by atoms with Crippen molar-refractivity contribution in [1.29, 1.82) is 0 Å². The van der Waals surface area contributed by atoms with Crippen LogP contribution in [0.2, 0.25) is 0 Å². The Bertz CT molecular complexity index is 1280. The average Bonchev–Trinajstić information content (AvgIpc) is 3.53. The summed E-state index contributed by atoms with van der Waals surface area (Å²) < 4.78 is 27.9. The first-order chi connectivity index (χ1) is 16.3. The zero-order valence-corrected chi connectivity index (χ0v) is 19.2. The van der Waals surface area contributed by atoms with E-state index < -0.39 is 12.3 Å². The fraction of sp³-hybridized carbons (Fsp3) is 0.375. The number of amides is 2. The average molecular weight is 487 g/mol. The lowest BCUT2D eigenvalue weighted by molar-refractivity contribution is -0.125. The topological polar surface area (TPSA) is 87.5 Å². The number of benzene rings is 1. The summed E-state index contributed by atoms with van der Waals surface area (Å²) in [5.74, 6) is -0.204. The first-order valence-corrected chi connectivity index (χ1v) is 11.9. The third-order valence-electron chi connectivity index (χ3n) is 6.85. The minimum atomic E-state index is -2.63. The van der Waals surface area contributed by atoms with Crippen LogP contribution in [0.25, 0.3) is 11.0 Å². The first-order valence-electron chi connectivity index (χ1n) is 11.0. The summed E-state index contributed by atoms with van der Waals surface area (Å²) in [6.07, 6.45) is 1.29. The summed E-state index contributed by atoms with van der Waals surface area (Å²) in [6.45, 7) is 4.83. The summed E-state index contributed by atoms with van der Waals surface area (Å²) in [4.78, 5) is 31.3. The van der Waals surface area contributed by atoms with Gasteiger partial charge in [-0.05, 0) is 60.6 Å². The zero-order valence-electron chi connectivity index (χ0n) is 18.3. The van der Waals surface area contributed by atoms with Crippen molar-refractivity contribution in [3.8, 4) is 0 Å². The van der Waals surface area contributed by atoms with Crippen LogP contribution in [0.15, 0.2) is 43.0 Å². The molecule has 34 heavy (non-hydrogen) atoms. The van der Waals surface area contributed by atoms with Gasteiger partial charge in [-0.15, -0.1) is 11.3 Å². The molecule has 10 heteroatoms. The lowest BCUT2D eigenvalue weighted by Crippen LogP contribution is -2.42. The normalized spacial score (nSPS) is 21.9. The number of rotatable bonds is 6. The second kappa shape index (κ2) is 8.59. The van der Waals surface area contributed by atoms with E-state index in [0.29, 0.717) is 30.1 Å². The van der Waals surface area contributed by atoms with E-state index >= 15 is 0 Å². The van der Waals surface area contributed by atoms with Crippen molar-refractivity contribution in [1.82, 2.24) is 14.5 Å². The van der Waals surface area contributed by atoms with Gasteiger partial charge in [0.1, 0.15) is 0 Å². The van der Waals surface area contributed by atoms with Gasteiger partial charge in [0.2, 0.25) is 11.9 Å². The molecule has 1 aliphatic carbocycles. The molecule has 2 aliphatic rings. The SMILES string of the molecule is C=CC(=O)N1CCC2(CC(n3c(NC(=O)c4ccc(C(F)F)s4)nc4cc(CO)ccc43)C2)C1. The van der Waals surface area contributed by atoms with E-state index in [2.05, 4.69) is 16.9 Å². The van der Waals surface area contributed by atoms with Gasteiger partial charge in [-0.2, -0.15) is 0 Å². The Kier molecular flexibility index (Phi) is 5.73. The molecule has 2 N–H and O–H groups in total. The maximum atomic E-state index is 13.0. The number of alkyl halides is 2. The Hall–Kier alpha value is -3.11. The number of fused-ring (bicyclic) bond motifs is 1. The number of carbonyl (C=O) groups excluding carboxylic acids is 2. The lowest BCUT2D eigenvalue weighted by atomic mass is 9.64. The van der Waals surface area contributed by atoms with Crippen molar-refractivity contribution < 1.29 is 23.5 Å². The van der Waals surface area contributed by atoms with Crippen molar-refractivity contribution in [3.05, 3.63) is 58.3 Å². The van der Waals surface area contributed by atoms with Gasteiger partial charge in [-0.25, -0.2) is 13.8 Å². The van der Waals surface area contributed by atoms with Crippen LogP contribution in [-0.2, 0) is 11.4 Å². The van der Waals surface area contributed by atoms with Gasteiger partial charge in [0.15, 0.2) is 0 Å². The Morgan fingerprint density at radius 1 is 1.32 bits per heavy atom. The number of thiophene rings is 1. The first kappa shape index (κ1) is 22.7. The smallest absolute Gasteiger partial charge is 0.272 e. The van der Waals surface area contributed by atoms with Crippen molar-refractivity contribution >= 4 is 40.1 Å². The molecule has 1 saturated heterocycles. The number of hydrogen-bond acceptors (Lipinski definition) is 5. The predicted octanol–water partition coefficient (Wildman–Crippen LogP) is 4.52. The number of aromatic nitrogens is 2. The highest BCUT2D eigenvalue weighted by atomic mass is 32.1. The summed E-state index contributed by atoms with van der Waals surface area (Å²) in [5.41, 5.74) is 2.20. The molecule has 0 bridgehead atoms. The Morgan fingerprint density at radius 3 is 2.79 bits per heavy atom. The molecule has 5 rings (SSSR count). The second-order valence-corrected chi connectivity index (χ2v) is 10.1. The molecular formula is C24H24F2N4O3S. The molecule has 1 aliphatic heterocycles. The number of aliphatic hydroxyl groups is 1. The van der Waals surface area contributed by atoms with Crippen LogP contribution in [-0.4, -0.2) is 44.5 Å². The number of hydrogen-bond donors (Lipinski definition) is 2. The molecule has 2 amide bonds. The van der Waals surface area contributed by atoms with E-state index in [4.69, 9.17) is 0 Å². The highest BCUT2D eigenvalue weighted by Gasteiger charge is 2.50. The number of imidazole rings is 1. The molecule has 178 valence electrons. The van der Waals surface area contributed by atoms with E-state index in [1.165, 1.54) is 18.2 Å². The third-order valence-corrected chi connectivity index (χ3v) is 7.95. The van der Waals surface area contributed by atoms with Gasteiger partial charge in [0.05, 0.1) is 27.4 Å². The highest BCUT2D eigenvalue weighted by Crippen LogP contribution is 2.55. The molecule has 0 unspecified atom stereocenters. The Balaban J connectivity index is 1.42. The largest absolute Gasteiger partial charge is 0.392 e. The van der Waals surface area contributed by atoms with Gasteiger partial charge < -0.3 is 14.6 Å². The maximum absolute atomic E-state index is 13.0. The molecule has 7 nitrogen and oxygen atoms in total. The molecular weight excluding hydrogens is 462 g/mol. The van der Waals surface area contributed by atoms with Crippen molar-refractivity contribution in [2.75, 3.05) is 18.4 Å². The molecule has 2 fully saturated rings. The number of likely N-dealkylation sites (tertiary alicyclic amines) is 1. The van der Waals surface area contributed by atoms with Crippen molar-refractivity contribution in [2.24, 2.45) is 5.41 Å². The molecule has 1 aromatic carbocycles. The summed E-state index contributed by atoms with van der Waals surface area (Å²) in [6, 6.07) is 8.17. The van der Waals surface area contributed by atoms with Crippen LogP contribution in [0.5, 0.6) is 0 Å². The van der Waals surface area contributed by atoms with E-state index in [-0.39, 0.29) is 33.7 Å². The van der Waals surface area contributed by atoms with E-state index in [9.17, 15) is 23.5 Å². The maximum Gasteiger partial charge on any atom is 0.272 e. The van der Waals surface area contributed by atoms with Gasteiger partial charge in [-0.1, -0.05) is 12.6 Å². The number of aliphatic hydroxyl groups excluding tert-OH is 1. The van der Waals surface area contributed by atoms with Crippen molar-refractivity contribution in [3.63, 3.8) is 0 Å². The summed E-state index contributed by atoms with van der Waals surface area (Å²) in [5, 5.41) is 12.3. The number of halogens is 2. The second-order valence-electron chi connectivity index (χ2n) is 9.02. The van der Waals surface area contributed by atoms with Crippen LogP contribution in [0.3, 0.4) is 0 Å². The van der Waals surface area contributed by atoms with E-state index in [1.807, 2.05) is 21.6 Å². The van der Waals surface area contributed by atoms with Gasteiger partial charge in [0, 0.05) is 19.1 Å². The summed E-state index contributed by atoms with van der Waals surface area (Å²) >= 11 is 0.758.